The van der Waals surface area contributed by atoms with E-state index in [-0.39, 0.29) is 5.41 Å². The van der Waals surface area contributed by atoms with Crippen molar-refractivity contribution in [3.05, 3.63) is 185 Å². The molecule has 2 heteroatoms. The van der Waals surface area contributed by atoms with Crippen molar-refractivity contribution in [1.82, 2.24) is 0 Å². The molecule has 1 N–H and O–H groups in total. The van der Waals surface area contributed by atoms with Crippen molar-refractivity contribution in [2.45, 2.75) is 18.8 Å². The molecule has 2 nitrogen and oxygen atoms in total. The van der Waals surface area contributed by atoms with E-state index in [1.54, 1.807) is 0 Å². The fourth-order valence-corrected chi connectivity index (χ4v) is 6.44. The highest BCUT2D eigenvalue weighted by Gasteiger charge is 2.45. The van der Waals surface area contributed by atoms with Gasteiger partial charge in [0.1, 0.15) is 0 Å². The third kappa shape index (κ3) is 4.33. The van der Waals surface area contributed by atoms with Gasteiger partial charge in [0.05, 0.1) is 11.1 Å². The van der Waals surface area contributed by atoms with Crippen LogP contribution in [-0.4, -0.2) is 5.71 Å². The summed E-state index contributed by atoms with van der Waals surface area (Å²) in [6.45, 7) is 2.24. The second-order valence-corrected chi connectivity index (χ2v) is 10.9. The molecule has 0 spiro atoms. The molecule has 1 heterocycles. The van der Waals surface area contributed by atoms with Crippen LogP contribution >= 0.6 is 0 Å². The van der Waals surface area contributed by atoms with Gasteiger partial charge >= 0.3 is 0 Å². The summed E-state index contributed by atoms with van der Waals surface area (Å²) in [6, 6.07) is 48.0. The van der Waals surface area contributed by atoms with Crippen molar-refractivity contribution in [1.29, 1.82) is 0 Å². The Bertz CT molecular complexity index is 1730. The van der Waals surface area contributed by atoms with Crippen LogP contribution in [0.3, 0.4) is 0 Å². The SMILES string of the molecule is CC1C/C=C/C(c2ccc(C3(c4ccccc4)c4ccccc4-c4ccccc43)cc2)=N\C=C/1Nc1ccccc1. The van der Waals surface area contributed by atoms with E-state index in [0.717, 1.165) is 29.1 Å². The van der Waals surface area contributed by atoms with Crippen LogP contribution in [0.5, 0.6) is 0 Å². The molecule has 0 fully saturated rings. The fraction of sp³-hybridized carbons (Fsp3) is 0.103. The molecule has 1 atom stereocenters. The van der Waals surface area contributed by atoms with Crippen molar-refractivity contribution >= 4 is 11.4 Å². The summed E-state index contributed by atoms with van der Waals surface area (Å²) in [6.07, 6.45) is 7.35. The molecule has 1 aliphatic heterocycles. The van der Waals surface area contributed by atoms with Gasteiger partial charge in [-0.3, -0.25) is 4.99 Å². The second-order valence-electron chi connectivity index (χ2n) is 10.9. The summed E-state index contributed by atoms with van der Waals surface area (Å²) in [5, 5.41) is 3.58. The van der Waals surface area contributed by atoms with Crippen molar-refractivity contribution < 1.29 is 0 Å². The molecule has 0 radical (unpaired) electrons. The average molecular weight is 529 g/mol. The number of allylic oxidation sites excluding steroid dienone is 3. The normalized spacial score (nSPS) is 20.3. The molecule has 0 aromatic heterocycles. The van der Waals surface area contributed by atoms with Crippen LogP contribution in [0.15, 0.2) is 163 Å². The van der Waals surface area contributed by atoms with Gasteiger partial charge in [-0.15, -0.1) is 0 Å². The van der Waals surface area contributed by atoms with E-state index < -0.39 is 0 Å². The van der Waals surface area contributed by atoms with Gasteiger partial charge in [-0.05, 0) is 58.0 Å². The van der Waals surface area contributed by atoms with E-state index in [2.05, 4.69) is 152 Å². The molecule has 0 saturated heterocycles. The molecule has 5 aromatic rings. The Morgan fingerprint density at radius 2 is 1.20 bits per heavy atom. The van der Waals surface area contributed by atoms with E-state index >= 15 is 0 Å². The lowest BCUT2D eigenvalue weighted by Gasteiger charge is -2.34. The van der Waals surface area contributed by atoms with E-state index in [1.165, 1.54) is 33.4 Å². The number of rotatable bonds is 5. The topological polar surface area (TPSA) is 24.4 Å². The fourth-order valence-electron chi connectivity index (χ4n) is 6.44. The summed E-state index contributed by atoms with van der Waals surface area (Å²) in [5.41, 5.74) is 11.7. The summed E-state index contributed by atoms with van der Waals surface area (Å²) in [7, 11) is 0. The number of hydrogen-bond acceptors (Lipinski definition) is 2. The van der Waals surface area contributed by atoms with E-state index in [0.29, 0.717) is 5.92 Å². The highest BCUT2D eigenvalue weighted by Crippen LogP contribution is 2.55. The molecular formula is C39H32N2. The molecule has 41 heavy (non-hydrogen) atoms. The van der Waals surface area contributed by atoms with Gasteiger partial charge < -0.3 is 5.32 Å². The van der Waals surface area contributed by atoms with Gasteiger partial charge in [0, 0.05) is 29.1 Å². The number of anilines is 1. The zero-order chi connectivity index (χ0) is 27.6. The maximum atomic E-state index is 4.96. The highest BCUT2D eigenvalue weighted by molar-refractivity contribution is 6.09. The number of benzene rings is 5. The van der Waals surface area contributed by atoms with Crippen LogP contribution < -0.4 is 5.32 Å². The molecular weight excluding hydrogens is 496 g/mol. The van der Waals surface area contributed by atoms with Crippen LogP contribution in [0.1, 0.15) is 41.2 Å². The van der Waals surface area contributed by atoms with Crippen LogP contribution in [-0.2, 0) is 5.41 Å². The van der Waals surface area contributed by atoms with E-state index in [1.807, 2.05) is 12.3 Å². The first-order chi connectivity index (χ1) is 20.2. The average Bonchev–Trinajstić information content (AvgIpc) is 3.33. The quantitative estimate of drug-likeness (QED) is 0.237. The van der Waals surface area contributed by atoms with Gasteiger partial charge in [-0.1, -0.05) is 134 Å². The van der Waals surface area contributed by atoms with Gasteiger partial charge in [0.2, 0.25) is 0 Å². The van der Waals surface area contributed by atoms with E-state index in [4.69, 9.17) is 4.99 Å². The molecule has 1 aliphatic carbocycles. The number of nitrogens with zero attached hydrogens (tertiary/aromatic N) is 1. The Balaban J connectivity index is 1.32. The molecule has 0 saturated carbocycles. The Hall–Kier alpha value is -4.95. The lowest BCUT2D eigenvalue weighted by Crippen LogP contribution is -2.28. The minimum absolute atomic E-state index is 0.354. The minimum Gasteiger partial charge on any atom is -0.357 e. The molecule has 198 valence electrons. The molecule has 5 aromatic carbocycles. The van der Waals surface area contributed by atoms with Gasteiger partial charge in [0.25, 0.3) is 0 Å². The number of para-hydroxylation sites is 1. The number of hydrogen-bond donors (Lipinski definition) is 1. The highest BCUT2D eigenvalue weighted by atomic mass is 14.9. The zero-order valence-electron chi connectivity index (χ0n) is 23.2. The first kappa shape index (κ1) is 25.0. The van der Waals surface area contributed by atoms with Crippen molar-refractivity contribution in [3.8, 4) is 11.1 Å². The Morgan fingerprint density at radius 3 is 1.85 bits per heavy atom. The summed E-state index contributed by atoms with van der Waals surface area (Å²) < 4.78 is 0. The molecule has 1 unspecified atom stereocenters. The van der Waals surface area contributed by atoms with Gasteiger partial charge in [-0.2, -0.15) is 0 Å². The van der Waals surface area contributed by atoms with Crippen LogP contribution in [0.25, 0.3) is 11.1 Å². The standard InChI is InChI=1S/C39H32N2/c1-28-13-12-22-37(40-27-38(28)41-32-16-6-3-7-17-32)29-23-25-31(26-24-29)39(30-14-4-2-5-15-30)35-20-10-8-18-33(35)34-19-9-11-21-36(34)39/h2-12,14-28,41H,13H2,1H3/b22-12+,38-27+,40-37+. The maximum absolute atomic E-state index is 4.96. The zero-order valence-corrected chi connectivity index (χ0v) is 23.2. The van der Waals surface area contributed by atoms with Crippen molar-refractivity contribution in [2.24, 2.45) is 10.9 Å². The molecule has 0 amide bonds. The largest absolute Gasteiger partial charge is 0.357 e. The predicted molar refractivity (Wildman–Crippen MR) is 171 cm³/mol. The second kappa shape index (κ2) is 10.6. The van der Waals surface area contributed by atoms with Crippen LogP contribution in [0, 0.1) is 5.92 Å². The van der Waals surface area contributed by atoms with Gasteiger partial charge in [0.15, 0.2) is 0 Å². The maximum Gasteiger partial charge on any atom is 0.0713 e. The predicted octanol–water partition coefficient (Wildman–Crippen LogP) is 9.39. The molecule has 0 bridgehead atoms. The molecule has 2 aliphatic rings. The smallest absolute Gasteiger partial charge is 0.0713 e. The van der Waals surface area contributed by atoms with Gasteiger partial charge in [-0.25, -0.2) is 0 Å². The monoisotopic (exact) mass is 528 g/mol. The summed E-state index contributed by atoms with van der Waals surface area (Å²) in [5.74, 6) is 0.354. The van der Waals surface area contributed by atoms with Crippen molar-refractivity contribution in [3.63, 3.8) is 0 Å². The first-order valence-corrected chi connectivity index (χ1v) is 14.4. The number of aliphatic imine (C=N–C) groups is 1. The third-order valence-electron chi connectivity index (χ3n) is 8.47. The lowest BCUT2D eigenvalue weighted by molar-refractivity contribution is 0.696. The summed E-state index contributed by atoms with van der Waals surface area (Å²) >= 11 is 0. The Morgan fingerprint density at radius 1 is 0.634 bits per heavy atom. The Labute approximate surface area is 242 Å². The third-order valence-corrected chi connectivity index (χ3v) is 8.47. The van der Waals surface area contributed by atoms with Crippen LogP contribution in [0.4, 0.5) is 5.69 Å². The number of nitrogens with one attached hydrogen (secondary N) is 1. The summed E-state index contributed by atoms with van der Waals surface area (Å²) in [4.78, 5) is 4.96. The Kier molecular flexibility index (Phi) is 6.45. The minimum atomic E-state index is -0.381. The molecule has 7 rings (SSSR count). The van der Waals surface area contributed by atoms with Crippen LogP contribution in [0.2, 0.25) is 0 Å². The van der Waals surface area contributed by atoms with Crippen molar-refractivity contribution in [2.75, 3.05) is 5.32 Å². The first-order valence-electron chi connectivity index (χ1n) is 14.4. The number of fused-ring (bicyclic) bond motifs is 3. The van der Waals surface area contributed by atoms with E-state index in [9.17, 15) is 0 Å². The lowest BCUT2D eigenvalue weighted by atomic mass is 9.67.